The van der Waals surface area contributed by atoms with Crippen LogP contribution in [0.5, 0.6) is 0 Å². The maximum Gasteiger partial charge on any atom is 0.229 e. The normalized spacial score (nSPS) is 23.2. The van der Waals surface area contributed by atoms with E-state index in [-0.39, 0.29) is 23.7 Å². The number of rotatable bonds is 6. The van der Waals surface area contributed by atoms with E-state index >= 15 is 0 Å². The standard InChI is InChI=1S/C30H36N4O2.ClH/c1-2-28(35)34-21-26(27(22-34)25-6-4-3-5-7-25)20-32-15-12-30(13-16-32)14-17-33(29(30)36)19-24-10-8-23(18-31)9-11-24;/h3-11,26-27H,2,12-17,19-22H2,1H3;1H. The summed E-state index contributed by atoms with van der Waals surface area (Å²) >= 11 is 0. The highest BCUT2D eigenvalue weighted by Gasteiger charge is 2.48. The van der Waals surface area contributed by atoms with Crippen molar-refractivity contribution in [2.24, 2.45) is 11.3 Å². The fourth-order valence-electron chi connectivity index (χ4n) is 6.47. The molecule has 1 spiro atoms. The highest BCUT2D eigenvalue weighted by Crippen LogP contribution is 2.43. The molecule has 3 aliphatic rings. The van der Waals surface area contributed by atoms with E-state index in [1.54, 1.807) is 0 Å². The monoisotopic (exact) mass is 520 g/mol. The van der Waals surface area contributed by atoms with E-state index in [0.717, 1.165) is 64.1 Å². The number of nitrogens with zero attached hydrogens (tertiary/aromatic N) is 4. The lowest BCUT2D eigenvalue weighted by Crippen LogP contribution is -2.46. The molecule has 0 saturated carbocycles. The molecule has 2 amide bonds. The lowest BCUT2D eigenvalue weighted by atomic mass is 9.76. The number of nitriles is 1. The van der Waals surface area contributed by atoms with E-state index < -0.39 is 0 Å². The number of benzene rings is 2. The zero-order valence-corrected chi connectivity index (χ0v) is 22.5. The summed E-state index contributed by atoms with van der Waals surface area (Å²) in [6.07, 6.45) is 3.32. The molecule has 0 radical (unpaired) electrons. The Balaban J connectivity index is 0.00000320. The number of hydrogen-bond acceptors (Lipinski definition) is 4. The van der Waals surface area contributed by atoms with Gasteiger partial charge in [-0.15, -0.1) is 12.4 Å². The van der Waals surface area contributed by atoms with Gasteiger partial charge in [-0.1, -0.05) is 49.4 Å². The minimum atomic E-state index is -0.220. The number of piperidine rings is 1. The molecule has 2 unspecified atom stereocenters. The topological polar surface area (TPSA) is 67.7 Å². The second kappa shape index (κ2) is 11.7. The number of likely N-dealkylation sites (tertiary alicyclic amines) is 3. The van der Waals surface area contributed by atoms with Gasteiger partial charge in [0.2, 0.25) is 11.8 Å². The summed E-state index contributed by atoms with van der Waals surface area (Å²) in [4.78, 5) is 32.5. The molecule has 2 aromatic carbocycles. The van der Waals surface area contributed by atoms with Crippen molar-refractivity contribution in [3.05, 3.63) is 71.3 Å². The number of halogens is 1. The molecule has 0 N–H and O–H groups in total. The highest BCUT2D eigenvalue weighted by molar-refractivity contribution is 5.85. The predicted molar refractivity (Wildman–Crippen MR) is 146 cm³/mol. The molecule has 0 aliphatic carbocycles. The number of amides is 2. The second-order valence-corrected chi connectivity index (χ2v) is 10.8. The third kappa shape index (κ3) is 5.68. The first kappa shape index (κ1) is 27.2. The van der Waals surface area contributed by atoms with Crippen molar-refractivity contribution < 1.29 is 9.59 Å². The van der Waals surface area contributed by atoms with Crippen LogP contribution in [-0.4, -0.2) is 65.8 Å². The van der Waals surface area contributed by atoms with Crippen molar-refractivity contribution in [1.82, 2.24) is 14.7 Å². The Kier molecular flexibility index (Phi) is 8.56. The van der Waals surface area contributed by atoms with Gasteiger partial charge in [0.05, 0.1) is 17.0 Å². The van der Waals surface area contributed by atoms with Gasteiger partial charge in [0.1, 0.15) is 0 Å². The lowest BCUT2D eigenvalue weighted by molar-refractivity contribution is -0.139. The van der Waals surface area contributed by atoms with Crippen molar-refractivity contribution in [3.8, 4) is 6.07 Å². The Bertz CT molecular complexity index is 1120. The van der Waals surface area contributed by atoms with Crippen LogP contribution in [0.15, 0.2) is 54.6 Å². The van der Waals surface area contributed by atoms with Gasteiger partial charge in [0.25, 0.3) is 0 Å². The largest absolute Gasteiger partial charge is 0.342 e. The Morgan fingerprint density at radius 2 is 1.68 bits per heavy atom. The average Bonchev–Trinajstić information content (AvgIpc) is 3.47. The maximum absolute atomic E-state index is 13.5. The number of carbonyl (C=O) groups excluding carboxylic acids is 2. The van der Waals surface area contributed by atoms with E-state index in [0.29, 0.717) is 36.3 Å². The van der Waals surface area contributed by atoms with Crippen LogP contribution in [0.2, 0.25) is 0 Å². The summed E-state index contributed by atoms with van der Waals surface area (Å²) in [5.74, 6) is 1.34. The Morgan fingerprint density at radius 3 is 2.32 bits per heavy atom. The lowest BCUT2D eigenvalue weighted by Gasteiger charge is -2.39. The molecule has 6 nitrogen and oxygen atoms in total. The molecule has 2 aromatic rings. The van der Waals surface area contributed by atoms with Crippen LogP contribution in [0, 0.1) is 22.7 Å². The molecule has 196 valence electrons. The van der Waals surface area contributed by atoms with Crippen LogP contribution in [0.4, 0.5) is 0 Å². The first-order valence-corrected chi connectivity index (χ1v) is 13.3. The van der Waals surface area contributed by atoms with E-state index in [1.807, 2.05) is 36.1 Å². The summed E-state index contributed by atoms with van der Waals surface area (Å²) in [7, 11) is 0. The average molecular weight is 521 g/mol. The van der Waals surface area contributed by atoms with Crippen molar-refractivity contribution in [2.45, 2.75) is 45.1 Å². The third-order valence-electron chi connectivity index (χ3n) is 8.69. The van der Waals surface area contributed by atoms with E-state index in [1.165, 1.54) is 5.56 Å². The van der Waals surface area contributed by atoms with Crippen LogP contribution in [0.3, 0.4) is 0 Å². The maximum atomic E-state index is 13.5. The predicted octanol–water partition coefficient (Wildman–Crippen LogP) is 4.45. The molecular formula is C30H37ClN4O2. The zero-order chi connectivity index (χ0) is 25.1. The SMILES string of the molecule is CCC(=O)N1CC(CN2CCC3(CC2)CCN(Cc2ccc(C#N)cc2)C3=O)C(c2ccccc2)C1.Cl. The van der Waals surface area contributed by atoms with Gasteiger partial charge in [-0.3, -0.25) is 9.59 Å². The Labute approximate surface area is 226 Å². The van der Waals surface area contributed by atoms with Gasteiger partial charge in [0, 0.05) is 45.1 Å². The van der Waals surface area contributed by atoms with Gasteiger partial charge in [-0.2, -0.15) is 5.26 Å². The van der Waals surface area contributed by atoms with E-state index in [2.05, 4.69) is 46.2 Å². The smallest absolute Gasteiger partial charge is 0.229 e. The van der Waals surface area contributed by atoms with Crippen LogP contribution in [0.25, 0.3) is 0 Å². The molecule has 7 heteroatoms. The van der Waals surface area contributed by atoms with Gasteiger partial charge in [0.15, 0.2) is 0 Å². The summed E-state index contributed by atoms with van der Waals surface area (Å²) in [5, 5.41) is 9.02. The van der Waals surface area contributed by atoms with Gasteiger partial charge in [-0.05, 0) is 61.5 Å². The van der Waals surface area contributed by atoms with E-state index in [4.69, 9.17) is 5.26 Å². The molecule has 3 saturated heterocycles. The van der Waals surface area contributed by atoms with Crippen molar-refractivity contribution >= 4 is 24.2 Å². The van der Waals surface area contributed by atoms with Gasteiger partial charge < -0.3 is 14.7 Å². The number of hydrogen-bond donors (Lipinski definition) is 0. The summed E-state index contributed by atoms with van der Waals surface area (Å²) in [6.45, 7) is 7.87. The van der Waals surface area contributed by atoms with Gasteiger partial charge in [-0.25, -0.2) is 0 Å². The van der Waals surface area contributed by atoms with Crippen molar-refractivity contribution in [3.63, 3.8) is 0 Å². The summed E-state index contributed by atoms with van der Waals surface area (Å²) in [6, 6.07) is 20.3. The van der Waals surface area contributed by atoms with E-state index in [9.17, 15) is 9.59 Å². The molecule has 5 rings (SSSR count). The van der Waals surface area contributed by atoms with Crippen LogP contribution < -0.4 is 0 Å². The highest BCUT2D eigenvalue weighted by atomic mass is 35.5. The molecule has 37 heavy (non-hydrogen) atoms. The minimum Gasteiger partial charge on any atom is -0.342 e. The van der Waals surface area contributed by atoms with Crippen molar-refractivity contribution in [1.29, 1.82) is 5.26 Å². The van der Waals surface area contributed by atoms with Gasteiger partial charge >= 0.3 is 0 Å². The number of carbonyl (C=O) groups is 2. The molecule has 3 heterocycles. The minimum absolute atomic E-state index is 0. The summed E-state index contributed by atoms with van der Waals surface area (Å²) in [5.41, 5.74) is 2.83. The first-order valence-electron chi connectivity index (χ1n) is 13.3. The molecule has 3 aliphatic heterocycles. The van der Waals surface area contributed by atoms with Crippen LogP contribution in [0.1, 0.15) is 55.2 Å². The molecule has 2 atom stereocenters. The summed E-state index contributed by atoms with van der Waals surface area (Å²) < 4.78 is 0. The molecule has 3 fully saturated rings. The quantitative estimate of drug-likeness (QED) is 0.564. The Morgan fingerprint density at radius 1 is 1.00 bits per heavy atom. The Hall–Kier alpha value is -2.88. The molecular weight excluding hydrogens is 484 g/mol. The van der Waals surface area contributed by atoms with Crippen molar-refractivity contribution in [2.75, 3.05) is 39.3 Å². The molecule has 0 aromatic heterocycles. The van der Waals surface area contributed by atoms with Crippen LogP contribution in [-0.2, 0) is 16.1 Å². The fraction of sp³-hybridized carbons (Fsp3) is 0.500. The molecule has 0 bridgehead atoms. The zero-order valence-electron chi connectivity index (χ0n) is 21.6. The fourth-order valence-corrected chi connectivity index (χ4v) is 6.47. The van der Waals surface area contributed by atoms with Crippen LogP contribution >= 0.6 is 12.4 Å². The third-order valence-corrected chi connectivity index (χ3v) is 8.69. The second-order valence-electron chi connectivity index (χ2n) is 10.8. The first-order chi connectivity index (χ1) is 17.5.